The maximum absolute atomic E-state index is 8.33. The highest BCUT2D eigenvalue weighted by Crippen LogP contribution is 1.94. The van der Waals surface area contributed by atoms with Crippen molar-refractivity contribution < 1.29 is 0 Å². The van der Waals surface area contributed by atoms with Gasteiger partial charge in [-0.1, -0.05) is 0 Å². The Bertz CT molecular complexity index is 288. The third kappa shape index (κ3) is 1.07. The van der Waals surface area contributed by atoms with Crippen LogP contribution in [-0.2, 0) is 0 Å². The van der Waals surface area contributed by atoms with Gasteiger partial charge < -0.3 is 0 Å². The van der Waals surface area contributed by atoms with E-state index in [0.717, 1.165) is 0 Å². The van der Waals surface area contributed by atoms with Crippen LogP contribution in [-0.4, -0.2) is 10.2 Å². The monoisotopic (exact) mass is 130 g/mol. The van der Waals surface area contributed by atoms with Crippen molar-refractivity contribution in [1.29, 1.82) is 10.5 Å². The van der Waals surface area contributed by atoms with Crippen molar-refractivity contribution in [3.63, 3.8) is 0 Å². The molecular weight excluding hydrogens is 128 g/mol. The Morgan fingerprint density at radius 1 is 1.30 bits per heavy atom. The first-order valence-electron chi connectivity index (χ1n) is 2.50. The number of nitrogens with zero attached hydrogens (tertiary/aromatic N) is 4. The molecule has 0 radical (unpaired) electrons. The fraction of sp³-hybridized carbons (Fsp3) is 0. The minimum absolute atomic E-state index is 0.166. The van der Waals surface area contributed by atoms with E-state index < -0.39 is 0 Å². The standard InChI is InChI=1S/C6H2N4/c7-2-5-1-6(3-8)10-9-4-5/h1,4H. The zero-order valence-electron chi connectivity index (χ0n) is 4.94. The topological polar surface area (TPSA) is 73.4 Å². The number of hydrogen-bond acceptors (Lipinski definition) is 4. The van der Waals surface area contributed by atoms with Gasteiger partial charge in [0.1, 0.15) is 12.1 Å². The highest BCUT2D eigenvalue weighted by atomic mass is 15.1. The molecule has 0 aliphatic rings. The average Bonchev–Trinajstić information content (AvgIpc) is 2.05. The van der Waals surface area contributed by atoms with Gasteiger partial charge in [0.25, 0.3) is 0 Å². The maximum Gasteiger partial charge on any atom is 0.164 e. The van der Waals surface area contributed by atoms with Crippen molar-refractivity contribution in [3.8, 4) is 12.1 Å². The number of aromatic nitrogens is 2. The molecule has 0 aromatic carbocycles. The molecule has 0 unspecified atom stereocenters. The van der Waals surface area contributed by atoms with Crippen LogP contribution in [0.25, 0.3) is 0 Å². The summed E-state index contributed by atoms with van der Waals surface area (Å²) in [7, 11) is 0. The van der Waals surface area contributed by atoms with Gasteiger partial charge in [-0.05, 0) is 6.07 Å². The number of nitriles is 2. The van der Waals surface area contributed by atoms with Crippen molar-refractivity contribution in [2.24, 2.45) is 0 Å². The summed E-state index contributed by atoms with van der Waals surface area (Å²) in [5.41, 5.74) is 0.519. The van der Waals surface area contributed by atoms with Crippen LogP contribution in [0.3, 0.4) is 0 Å². The molecule has 0 fully saturated rings. The van der Waals surface area contributed by atoms with Gasteiger partial charge in [0, 0.05) is 0 Å². The van der Waals surface area contributed by atoms with Crippen LogP contribution in [0.2, 0.25) is 0 Å². The van der Waals surface area contributed by atoms with E-state index in [1.807, 2.05) is 6.07 Å². The van der Waals surface area contributed by atoms with Crippen LogP contribution in [0.1, 0.15) is 11.3 Å². The molecule has 0 bridgehead atoms. The molecule has 4 heteroatoms. The van der Waals surface area contributed by atoms with Crippen LogP contribution >= 0.6 is 0 Å². The van der Waals surface area contributed by atoms with E-state index in [-0.39, 0.29) is 5.69 Å². The van der Waals surface area contributed by atoms with Gasteiger partial charge in [-0.25, -0.2) is 0 Å². The fourth-order valence-corrected chi connectivity index (χ4v) is 0.482. The molecule has 0 spiro atoms. The van der Waals surface area contributed by atoms with E-state index in [2.05, 4.69) is 10.2 Å². The third-order valence-electron chi connectivity index (χ3n) is 0.898. The molecule has 1 heterocycles. The molecule has 0 N–H and O–H groups in total. The van der Waals surface area contributed by atoms with Gasteiger partial charge >= 0.3 is 0 Å². The van der Waals surface area contributed by atoms with Crippen LogP contribution in [0.5, 0.6) is 0 Å². The molecule has 46 valence electrons. The lowest BCUT2D eigenvalue weighted by molar-refractivity contribution is 1.00. The molecule has 0 aliphatic carbocycles. The Labute approximate surface area is 57.4 Å². The Morgan fingerprint density at radius 2 is 2.10 bits per heavy atom. The summed E-state index contributed by atoms with van der Waals surface area (Å²) in [6.45, 7) is 0. The van der Waals surface area contributed by atoms with Gasteiger partial charge in [0.2, 0.25) is 0 Å². The molecule has 0 atom stereocenters. The zero-order valence-corrected chi connectivity index (χ0v) is 4.94. The second kappa shape index (κ2) is 2.56. The Hall–Kier alpha value is -1.94. The van der Waals surface area contributed by atoms with Crippen LogP contribution in [0, 0.1) is 22.7 Å². The second-order valence-corrected chi connectivity index (χ2v) is 1.55. The van der Waals surface area contributed by atoms with E-state index >= 15 is 0 Å². The molecule has 4 nitrogen and oxygen atoms in total. The van der Waals surface area contributed by atoms with Crippen molar-refractivity contribution in [1.82, 2.24) is 10.2 Å². The Balaban J connectivity index is 3.17. The summed E-state index contributed by atoms with van der Waals surface area (Å²) in [5.74, 6) is 0. The summed E-state index contributed by atoms with van der Waals surface area (Å²) >= 11 is 0. The van der Waals surface area contributed by atoms with Gasteiger partial charge in [0.05, 0.1) is 11.8 Å². The van der Waals surface area contributed by atoms with Crippen LogP contribution in [0.15, 0.2) is 12.3 Å². The molecule has 1 aromatic heterocycles. The van der Waals surface area contributed by atoms with Crippen molar-refractivity contribution in [2.75, 3.05) is 0 Å². The summed E-state index contributed by atoms with van der Waals surface area (Å²) in [6, 6.07) is 5.01. The molecule has 1 aromatic rings. The van der Waals surface area contributed by atoms with E-state index in [1.165, 1.54) is 12.3 Å². The Morgan fingerprint density at radius 3 is 2.70 bits per heavy atom. The van der Waals surface area contributed by atoms with Crippen molar-refractivity contribution in [3.05, 3.63) is 23.5 Å². The average molecular weight is 130 g/mol. The SMILES string of the molecule is N#Cc1cnnc(C#N)c1. The first-order valence-corrected chi connectivity index (χ1v) is 2.50. The smallest absolute Gasteiger partial charge is 0.164 e. The molecule has 10 heavy (non-hydrogen) atoms. The highest BCUT2D eigenvalue weighted by molar-refractivity contribution is 5.30. The molecule has 0 saturated carbocycles. The predicted molar refractivity (Wildman–Crippen MR) is 31.5 cm³/mol. The summed E-state index contributed by atoms with van der Waals surface area (Å²) in [6.07, 6.45) is 1.31. The lowest BCUT2D eigenvalue weighted by Gasteiger charge is -1.84. The van der Waals surface area contributed by atoms with Gasteiger partial charge in [-0.3, -0.25) is 0 Å². The maximum atomic E-state index is 8.33. The molecule has 0 saturated heterocycles. The summed E-state index contributed by atoms with van der Waals surface area (Å²) in [5, 5.41) is 23.5. The molecular formula is C6H2N4. The largest absolute Gasteiger partial charge is 0.192 e. The third-order valence-corrected chi connectivity index (χ3v) is 0.898. The zero-order chi connectivity index (χ0) is 7.40. The highest BCUT2D eigenvalue weighted by Gasteiger charge is 1.93. The Kier molecular flexibility index (Phi) is 1.58. The van der Waals surface area contributed by atoms with E-state index in [0.29, 0.717) is 5.56 Å². The van der Waals surface area contributed by atoms with Crippen LogP contribution in [0.4, 0.5) is 0 Å². The van der Waals surface area contributed by atoms with Crippen molar-refractivity contribution in [2.45, 2.75) is 0 Å². The van der Waals surface area contributed by atoms with Gasteiger partial charge in [-0.15, -0.1) is 5.10 Å². The van der Waals surface area contributed by atoms with E-state index in [9.17, 15) is 0 Å². The molecule has 1 rings (SSSR count). The predicted octanol–water partition coefficient (Wildman–Crippen LogP) is 0.220. The quantitative estimate of drug-likeness (QED) is 0.503. The fourth-order valence-electron chi connectivity index (χ4n) is 0.482. The second-order valence-electron chi connectivity index (χ2n) is 1.55. The molecule has 0 aliphatic heterocycles. The first-order chi connectivity index (χ1) is 4.86. The van der Waals surface area contributed by atoms with Crippen molar-refractivity contribution >= 4 is 0 Å². The summed E-state index contributed by atoms with van der Waals surface area (Å²) in [4.78, 5) is 0. The molecule has 0 amide bonds. The van der Waals surface area contributed by atoms with E-state index in [1.54, 1.807) is 6.07 Å². The first kappa shape index (κ1) is 6.18. The van der Waals surface area contributed by atoms with Gasteiger partial charge in [-0.2, -0.15) is 15.6 Å². The van der Waals surface area contributed by atoms with Crippen LogP contribution < -0.4 is 0 Å². The number of rotatable bonds is 0. The minimum atomic E-state index is 0.166. The lowest BCUT2D eigenvalue weighted by Crippen LogP contribution is -1.87. The minimum Gasteiger partial charge on any atom is -0.192 e. The lowest BCUT2D eigenvalue weighted by atomic mass is 10.3. The summed E-state index contributed by atoms with van der Waals surface area (Å²) < 4.78 is 0. The number of hydrogen-bond donors (Lipinski definition) is 0. The normalized spacial score (nSPS) is 7.80. The van der Waals surface area contributed by atoms with E-state index in [4.69, 9.17) is 10.5 Å². The van der Waals surface area contributed by atoms with Gasteiger partial charge in [0.15, 0.2) is 5.69 Å².